The van der Waals surface area contributed by atoms with Gasteiger partial charge in [0.05, 0.1) is 0 Å². The standard InChI is InChI=1S/C7H6ClF2N3O2/c8-6-4(2-11)3(7(9)10)1-5(12-6)13(14)15/h1,7H,2,11H2. The van der Waals surface area contributed by atoms with Crippen LogP contribution in [0.3, 0.4) is 0 Å². The molecule has 2 N–H and O–H groups in total. The van der Waals surface area contributed by atoms with Crippen LogP contribution in [0.1, 0.15) is 17.6 Å². The highest BCUT2D eigenvalue weighted by atomic mass is 35.5. The Balaban J connectivity index is 3.38. The molecule has 82 valence electrons. The monoisotopic (exact) mass is 237 g/mol. The summed E-state index contributed by atoms with van der Waals surface area (Å²) in [4.78, 5) is 12.8. The van der Waals surface area contributed by atoms with Crippen LogP contribution in [0.25, 0.3) is 0 Å². The minimum Gasteiger partial charge on any atom is -0.358 e. The van der Waals surface area contributed by atoms with Crippen molar-refractivity contribution < 1.29 is 13.7 Å². The topological polar surface area (TPSA) is 82.0 Å². The van der Waals surface area contributed by atoms with Gasteiger partial charge in [-0.1, -0.05) is 0 Å². The summed E-state index contributed by atoms with van der Waals surface area (Å²) in [6.07, 6.45) is -2.87. The Morgan fingerprint density at radius 3 is 2.67 bits per heavy atom. The number of alkyl halides is 2. The van der Waals surface area contributed by atoms with Gasteiger partial charge in [0.1, 0.15) is 0 Å². The zero-order valence-corrected chi connectivity index (χ0v) is 8.04. The fourth-order valence-corrected chi connectivity index (χ4v) is 1.31. The molecule has 0 aromatic carbocycles. The zero-order chi connectivity index (χ0) is 11.6. The van der Waals surface area contributed by atoms with Crippen LogP contribution in [0.2, 0.25) is 5.15 Å². The molecule has 0 aliphatic heterocycles. The Morgan fingerprint density at radius 1 is 1.67 bits per heavy atom. The lowest BCUT2D eigenvalue weighted by atomic mass is 10.1. The van der Waals surface area contributed by atoms with Crippen LogP contribution in [0.4, 0.5) is 14.6 Å². The molecule has 1 rings (SSSR count). The highest BCUT2D eigenvalue weighted by Crippen LogP contribution is 2.29. The van der Waals surface area contributed by atoms with Crippen molar-refractivity contribution in [2.45, 2.75) is 13.0 Å². The van der Waals surface area contributed by atoms with Gasteiger partial charge in [-0.25, -0.2) is 8.78 Å². The summed E-state index contributed by atoms with van der Waals surface area (Å²) in [5, 5.41) is 9.98. The van der Waals surface area contributed by atoms with Gasteiger partial charge in [-0.3, -0.25) is 0 Å². The molecular weight excluding hydrogens is 232 g/mol. The van der Waals surface area contributed by atoms with E-state index >= 15 is 0 Å². The summed E-state index contributed by atoms with van der Waals surface area (Å²) >= 11 is 5.49. The fourth-order valence-electron chi connectivity index (χ4n) is 1.04. The second kappa shape index (κ2) is 4.45. The molecular formula is C7H6ClF2N3O2. The molecule has 0 unspecified atom stereocenters. The Bertz CT molecular complexity index is 400. The maximum atomic E-state index is 12.5. The van der Waals surface area contributed by atoms with Crippen LogP contribution in [0.5, 0.6) is 0 Å². The predicted molar refractivity (Wildman–Crippen MR) is 48.7 cm³/mol. The number of nitrogens with two attached hydrogens (primary N) is 1. The number of nitro groups is 1. The number of pyridine rings is 1. The first kappa shape index (κ1) is 11.7. The third-order valence-corrected chi connectivity index (χ3v) is 2.03. The molecule has 0 saturated carbocycles. The molecule has 0 aliphatic carbocycles. The van der Waals surface area contributed by atoms with E-state index in [1.165, 1.54) is 0 Å². The van der Waals surface area contributed by atoms with E-state index in [0.29, 0.717) is 6.07 Å². The van der Waals surface area contributed by atoms with E-state index in [1.807, 2.05) is 0 Å². The van der Waals surface area contributed by atoms with Crippen molar-refractivity contribution in [1.29, 1.82) is 0 Å². The van der Waals surface area contributed by atoms with Gasteiger partial charge < -0.3 is 15.8 Å². The molecule has 1 heterocycles. The zero-order valence-electron chi connectivity index (χ0n) is 7.28. The van der Waals surface area contributed by atoms with Crippen molar-refractivity contribution in [3.8, 4) is 0 Å². The number of hydrogen-bond donors (Lipinski definition) is 1. The number of halogens is 3. The van der Waals surface area contributed by atoms with Gasteiger partial charge in [-0.15, -0.1) is 0 Å². The molecule has 0 atom stereocenters. The average Bonchev–Trinajstić information content (AvgIpc) is 2.16. The molecule has 15 heavy (non-hydrogen) atoms. The fraction of sp³-hybridized carbons (Fsp3) is 0.286. The van der Waals surface area contributed by atoms with Gasteiger partial charge in [0.25, 0.3) is 6.43 Å². The molecule has 0 fully saturated rings. The van der Waals surface area contributed by atoms with Crippen LogP contribution in [-0.4, -0.2) is 9.91 Å². The van der Waals surface area contributed by atoms with Crippen molar-refractivity contribution in [3.05, 3.63) is 32.5 Å². The average molecular weight is 238 g/mol. The van der Waals surface area contributed by atoms with Crippen molar-refractivity contribution in [2.24, 2.45) is 5.73 Å². The van der Waals surface area contributed by atoms with Crippen molar-refractivity contribution >= 4 is 17.4 Å². The Hall–Kier alpha value is -1.34. The van der Waals surface area contributed by atoms with E-state index in [2.05, 4.69) is 4.98 Å². The van der Waals surface area contributed by atoms with Crippen molar-refractivity contribution in [1.82, 2.24) is 4.98 Å². The number of nitrogens with zero attached hydrogens (tertiary/aromatic N) is 2. The molecule has 1 aromatic heterocycles. The Kier molecular flexibility index (Phi) is 3.48. The van der Waals surface area contributed by atoms with E-state index in [0.717, 1.165) is 0 Å². The van der Waals surface area contributed by atoms with Gasteiger partial charge in [0.2, 0.25) is 5.15 Å². The van der Waals surface area contributed by atoms with Gasteiger partial charge in [0, 0.05) is 23.7 Å². The lowest BCUT2D eigenvalue weighted by Crippen LogP contribution is -2.06. The minimum absolute atomic E-state index is 0.0720. The smallest absolute Gasteiger partial charge is 0.358 e. The van der Waals surface area contributed by atoms with Crippen LogP contribution in [-0.2, 0) is 6.54 Å². The summed E-state index contributed by atoms with van der Waals surface area (Å²) < 4.78 is 24.9. The molecule has 0 aliphatic rings. The second-order valence-corrected chi connectivity index (χ2v) is 2.96. The van der Waals surface area contributed by atoms with Crippen LogP contribution in [0, 0.1) is 10.1 Å². The van der Waals surface area contributed by atoms with Gasteiger partial charge in [-0.05, 0) is 21.5 Å². The molecule has 0 saturated heterocycles. The van der Waals surface area contributed by atoms with Crippen LogP contribution >= 0.6 is 11.6 Å². The highest BCUT2D eigenvalue weighted by molar-refractivity contribution is 6.30. The third-order valence-electron chi connectivity index (χ3n) is 1.72. The largest absolute Gasteiger partial charge is 0.365 e. The van der Waals surface area contributed by atoms with E-state index in [4.69, 9.17) is 17.3 Å². The minimum atomic E-state index is -2.87. The quantitative estimate of drug-likeness (QED) is 0.495. The van der Waals surface area contributed by atoms with E-state index in [9.17, 15) is 18.9 Å². The molecule has 0 radical (unpaired) electrons. The van der Waals surface area contributed by atoms with Gasteiger partial charge in [-0.2, -0.15) is 0 Å². The van der Waals surface area contributed by atoms with E-state index < -0.39 is 22.7 Å². The summed E-state index contributed by atoms with van der Waals surface area (Å²) in [5.41, 5.74) is 4.56. The number of aromatic nitrogens is 1. The molecule has 0 spiro atoms. The first-order chi connectivity index (χ1) is 6.97. The lowest BCUT2D eigenvalue weighted by molar-refractivity contribution is -0.389. The summed E-state index contributed by atoms with van der Waals surface area (Å²) in [5.74, 6) is -0.715. The highest BCUT2D eigenvalue weighted by Gasteiger charge is 2.23. The lowest BCUT2D eigenvalue weighted by Gasteiger charge is -2.05. The molecule has 1 aromatic rings. The Labute approximate surface area is 88.0 Å². The van der Waals surface area contributed by atoms with Gasteiger partial charge >= 0.3 is 5.82 Å². The second-order valence-electron chi connectivity index (χ2n) is 2.60. The molecule has 8 heteroatoms. The maximum absolute atomic E-state index is 12.5. The Morgan fingerprint density at radius 2 is 2.27 bits per heavy atom. The van der Waals surface area contributed by atoms with Crippen LogP contribution < -0.4 is 5.73 Å². The predicted octanol–water partition coefficient (Wildman–Crippen LogP) is 2.04. The SMILES string of the molecule is NCc1c(C(F)F)cc([N+](=O)[O-])nc1Cl. The van der Waals surface area contributed by atoms with Crippen LogP contribution in [0.15, 0.2) is 6.07 Å². The summed E-state index contributed by atoms with van der Waals surface area (Å²) in [6.45, 7) is -0.247. The van der Waals surface area contributed by atoms with E-state index in [-0.39, 0.29) is 17.3 Å². The number of hydrogen-bond acceptors (Lipinski definition) is 4. The third kappa shape index (κ3) is 2.37. The maximum Gasteiger partial charge on any atom is 0.365 e. The van der Waals surface area contributed by atoms with E-state index in [1.54, 1.807) is 0 Å². The normalized spacial score (nSPS) is 10.7. The molecule has 0 amide bonds. The van der Waals surface area contributed by atoms with Crippen molar-refractivity contribution in [2.75, 3.05) is 0 Å². The molecule has 5 nitrogen and oxygen atoms in total. The van der Waals surface area contributed by atoms with Crippen molar-refractivity contribution in [3.63, 3.8) is 0 Å². The molecule has 0 bridgehead atoms. The summed E-state index contributed by atoms with van der Waals surface area (Å²) in [6, 6.07) is 0.679. The first-order valence-corrected chi connectivity index (χ1v) is 4.17. The summed E-state index contributed by atoms with van der Waals surface area (Å²) in [7, 11) is 0. The first-order valence-electron chi connectivity index (χ1n) is 3.79. The number of rotatable bonds is 3. The van der Waals surface area contributed by atoms with Gasteiger partial charge in [0.15, 0.2) is 0 Å².